The molecule has 134 valence electrons. The van der Waals surface area contributed by atoms with Crippen LogP contribution >= 0.6 is 0 Å². The van der Waals surface area contributed by atoms with Crippen molar-refractivity contribution >= 4 is 11.0 Å². The number of pyridine rings is 1. The van der Waals surface area contributed by atoms with Crippen molar-refractivity contribution in [3.8, 4) is 0 Å². The Hall–Kier alpha value is -1.42. The molecule has 0 saturated heterocycles. The van der Waals surface area contributed by atoms with E-state index in [1.807, 2.05) is 24.8 Å². The molecular formula is C20H33N3O. The Balaban J connectivity index is 1.41. The molecule has 4 heteroatoms. The standard InChI is InChI=1S/C20H33N3O/c1-2-3-15-24-16-11-9-7-5-4-6-8-10-14-23-18-22-19-17-21-13-12-20(19)23/h12-13,17-18H,2-11,14-16H2,1H3. The summed E-state index contributed by atoms with van der Waals surface area (Å²) in [7, 11) is 0. The van der Waals surface area contributed by atoms with Crippen LogP contribution in [0.4, 0.5) is 0 Å². The first-order valence-corrected chi connectivity index (χ1v) is 9.74. The molecule has 0 bridgehead atoms. The molecule has 0 saturated carbocycles. The highest BCUT2D eigenvalue weighted by Gasteiger charge is 2.01. The van der Waals surface area contributed by atoms with Crippen molar-refractivity contribution in [1.29, 1.82) is 0 Å². The van der Waals surface area contributed by atoms with Gasteiger partial charge in [0, 0.05) is 26.0 Å². The molecule has 2 aromatic rings. The van der Waals surface area contributed by atoms with Gasteiger partial charge < -0.3 is 9.30 Å². The second kappa shape index (κ2) is 12.0. The van der Waals surface area contributed by atoms with Crippen LogP contribution in [0.3, 0.4) is 0 Å². The molecule has 0 aliphatic rings. The van der Waals surface area contributed by atoms with Gasteiger partial charge >= 0.3 is 0 Å². The highest BCUT2D eigenvalue weighted by atomic mass is 16.5. The third-order valence-corrected chi connectivity index (χ3v) is 4.50. The molecule has 0 aliphatic carbocycles. The van der Waals surface area contributed by atoms with Crippen molar-refractivity contribution in [2.45, 2.75) is 77.7 Å². The van der Waals surface area contributed by atoms with Crippen LogP contribution in [0.15, 0.2) is 24.8 Å². The highest BCUT2D eigenvalue weighted by molar-refractivity contribution is 5.73. The fourth-order valence-electron chi connectivity index (χ4n) is 2.99. The number of rotatable bonds is 14. The maximum Gasteiger partial charge on any atom is 0.107 e. The lowest BCUT2D eigenvalue weighted by Crippen LogP contribution is -1.97. The van der Waals surface area contributed by atoms with Crippen LogP contribution in [0, 0.1) is 0 Å². The average Bonchev–Trinajstić information content (AvgIpc) is 3.02. The SMILES string of the molecule is CCCCOCCCCCCCCCCn1cnc2cnccc21. The van der Waals surface area contributed by atoms with Gasteiger partial charge in [0.1, 0.15) is 5.52 Å². The van der Waals surface area contributed by atoms with Crippen LogP contribution in [0.25, 0.3) is 11.0 Å². The Kier molecular flexibility index (Phi) is 9.47. The van der Waals surface area contributed by atoms with Crippen LogP contribution in [0.2, 0.25) is 0 Å². The van der Waals surface area contributed by atoms with Gasteiger partial charge in [0.25, 0.3) is 0 Å². The molecule has 2 rings (SSSR count). The van der Waals surface area contributed by atoms with E-state index in [-0.39, 0.29) is 0 Å². The van der Waals surface area contributed by atoms with Crippen LogP contribution in [0.1, 0.15) is 71.1 Å². The summed E-state index contributed by atoms with van der Waals surface area (Å²) in [4.78, 5) is 8.50. The smallest absolute Gasteiger partial charge is 0.107 e. The topological polar surface area (TPSA) is 39.9 Å². The van der Waals surface area contributed by atoms with Gasteiger partial charge in [-0.1, -0.05) is 51.9 Å². The Bertz CT molecular complexity index is 553. The van der Waals surface area contributed by atoms with E-state index in [9.17, 15) is 0 Å². The maximum absolute atomic E-state index is 5.59. The average molecular weight is 332 g/mol. The quantitative estimate of drug-likeness (QED) is 0.437. The van der Waals surface area contributed by atoms with Crippen LogP contribution in [-0.4, -0.2) is 27.7 Å². The molecule has 0 radical (unpaired) electrons. The molecule has 0 aliphatic heterocycles. The molecular weight excluding hydrogens is 298 g/mol. The third kappa shape index (κ3) is 7.00. The number of ether oxygens (including phenoxy) is 1. The first-order valence-electron chi connectivity index (χ1n) is 9.74. The number of aromatic nitrogens is 3. The van der Waals surface area contributed by atoms with Gasteiger partial charge in [0.2, 0.25) is 0 Å². The number of nitrogens with zero attached hydrogens (tertiary/aromatic N) is 3. The summed E-state index contributed by atoms with van der Waals surface area (Å²) in [6, 6.07) is 2.05. The molecule has 0 fully saturated rings. The first kappa shape index (κ1) is 18.9. The second-order valence-corrected chi connectivity index (χ2v) is 6.60. The zero-order valence-electron chi connectivity index (χ0n) is 15.3. The lowest BCUT2D eigenvalue weighted by Gasteiger charge is -2.05. The van der Waals surface area contributed by atoms with Gasteiger partial charge in [-0.3, -0.25) is 4.98 Å². The monoisotopic (exact) mass is 331 g/mol. The van der Waals surface area contributed by atoms with Gasteiger partial charge in [0.15, 0.2) is 0 Å². The number of unbranched alkanes of at least 4 members (excludes halogenated alkanes) is 8. The molecule has 0 N–H and O–H groups in total. The lowest BCUT2D eigenvalue weighted by atomic mass is 10.1. The van der Waals surface area contributed by atoms with Crippen molar-refractivity contribution in [3.63, 3.8) is 0 Å². The van der Waals surface area contributed by atoms with E-state index in [0.717, 1.165) is 25.3 Å². The Morgan fingerprint density at radius 3 is 2.42 bits per heavy atom. The summed E-state index contributed by atoms with van der Waals surface area (Å²) in [6.45, 7) is 5.17. The largest absolute Gasteiger partial charge is 0.381 e. The van der Waals surface area contributed by atoms with E-state index in [2.05, 4.69) is 21.5 Å². The predicted octanol–water partition coefficient (Wildman–Crippen LogP) is 5.37. The molecule has 0 spiro atoms. The lowest BCUT2D eigenvalue weighted by molar-refractivity contribution is 0.127. The van der Waals surface area contributed by atoms with Gasteiger partial charge in [-0.25, -0.2) is 4.98 Å². The van der Waals surface area contributed by atoms with Crippen molar-refractivity contribution in [2.24, 2.45) is 0 Å². The van der Waals surface area contributed by atoms with E-state index >= 15 is 0 Å². The minimum Gasteiger partial charge on any atom is -0.381 e. The van der Waals surface area contributed by atoms with E-state index in [4.69, 9.17) is 4.74 Å². The Labute approximate surface area is 146 Å². The molecule has 2 aromatic heterocycles. The fraction of sp³-hybridized carbons (Fsp3) is 0.700. The highest BCUT2D eigenvalue weighted by Crippen LogP contribution is 2.13. The summed E-state index contributed by atoms with van der Waals surface area (Å²) in [5.41, 5.74) is 2.20. The minimum absolute atomic E-state index is 0.944. The Morgan fingerprint density at radius 2 is 1.62 bits per heavy atom. The third-order valence-electron chi connectivity index (χ3n) is 4.50. The Morgan fingerprint density at radius 1 is 0.917 bits per heavy atom. The van der Waals surface area contributed by atoms with Crippen molar-refractivity contribution < 1.29 is 4.74 Å². The molecule has 24 heavy (non-hydrogen) atoms. The van der Waals surface area contributed by atoms with Crippen molar-refractivity contribution in [1.82, 2.24) is 14.5 Å². The summed E-state index contributed by atoms with van der Waals surface area (Å²) < 4.78 is 7.83. The van der Waals surface area contributed by atoms with Crippen molar-refractivity contribution in [3.05, 3.63) is 24.8 Å². The molecule has 0 aromatic carbocycles. The predicted molar refractivity (Wildman–Crippen MR) is 100 cm³/mol. The molecule has 4 nitrogen and oxygen atoms in total. The van der Waals surface area contributed by atoms with E-state index in [1.165, 1.54) is 69.7 Å². The van der Waals surface area contributed by atoms with Crippen LogP contribution in [-0.2, 0) is 11.3 Å². The fourth-order valence-corrected chi connectivity index (χ4v) is 2.99. The van der Waals surface area contributed by atoms with E-state index in [1.54, 1.807) is 0 Å². The van der Waals surface area contributed by atoms with Crippen LogP contribution in [0.5, 0.6) is 0 Å². The van der Waals surface area contributed by atoms with Crippen molar-refractivity contribution in [2.75, 3.05) is 13.2 Å². The van der Waals surface area contributed by atoms with Gasteiger partial charge in [-0.05, 0) is 25.3 Å². The zero-order valence-corrected chi connectivity index (χ0v) is 15.3. The number of hydrogen-bond acceptors (Lipinski definition) is 3. The summed E-state index contributed by atoms with van der Waals surface area (Å²) in [5, 5.41) is 0. The van der Waals surface area contributed by atoms with Gasteiger partial charge in [-0.15, -0.1) is 0 Å². The number of aryl methyl sites for hydroxylation is 1. The molecule has 0 amide bonds. The normalized spacial score (nSPS) is 11.4. The number of hydrogen-bond donors (Lipinski definition) is 0. The van der Waals surface area contributed by atoms with Gasteiger partial charge in [-0.2, -0.15) is 0 Å². The number of fused-ring (bicyclic) bond motifs is 1. The maximum atomic E-state index is 5.59. The molecule has 2 heterocycles. The van der Waals surface area contributed by atoms with Crippen LogP contribution < -0.4 is 0 Å². The van der Waals surface area contributed by atoms with E-state index in [0.29, 0.717) is 0 Å². The summed E-state index contributed by atoms with van der Waals surface area (Å²) in [6.07, 6.45) is 18.6. The molecule has 0 atom stereocenters. The van der Waals surface area contributed by atoms with Gasteiger partial charge in [0.05, 0.1) is 18.0 Å². The summed E-state index contributed by atoms with van der Waals surface area (Å²) in [5.74, 6) is 0. The first-order chi connectivity index (χ1) is 11.9. The minimum atomic E-state index is 0.944. The van der Waals surface area contributed by atoms with E-state index < -0.39 is 0 Å². The second-order valence-electron chi connectivity index (χ2n) is 6.60. The number of imidazole rings is 1. The zero-order chi connectivity index (χ0) is 16.9. The molecule has 0 unspecified atom stereocenters. The summed E-state index contributed by atoms with van der Waals surface area (Å²) >= 11 is 0.